The van der Waals surface area contributed by atoms with Gasteiger partial charge < -0.3 is 15.2 Å². The molecule has 2 N–H and O–H groups in total. The molecule has 0 spiro atoms. The number of hydrogen-bond acceptors (Lipinski definition) is 6. The van der Waals surface area contributed by atoms with Gasteiger partial charge in [-0.05, 0) is 19.2 Å². The first-order chi connectivity index (χ1) is 13.3. The zero-order valence-corrected chi connectivity index (χ0v) is 15.4. The van der Waals surface area contributed by atoms with E-state index in [9.17, 15) is 0 Å². The number of H-pyrrole nitrogens is 1. The Bertz CT molecular complexity index is 1100. The third-order valence-electron chi connectivity index (χ3n) is 5.47. The van der Waals surface area contributed by atoms with Crippen LogP contribution in [0.5, 0.6) is 0 Å². The van der Waals surface area contributed by atoms with Crippen LogP contribution in [0, 0.1) is 0 Å². The first-order valence-corrected chi connectivity index (χ1v) is 9.43. The van der Waals surface area contributed by atoms with Crippen molar-refractivity contribution < 1.29 is 0 Å². The number of rotatable bonds is 4. The molecule has 0 aliphatic carbocycles. The van der Waals surface area contributed by atoms with Crippen LogP contribution in [0.4, 0.5) is 5.82 Å². The number of fused-ring (bicyclic) bond motifs is 5. The lowest BCUT2D eigenvalue weighted by Gasteiger charge is -2.32. The van der Waals surface area contributed by atoms with Crippen molar-refractivity contribution in [3.05, 3.63) is 36.9 Å². The first-order valence-electron chi connectivity index (χ1n) is 9.43. The van der Waals surface area contributed by atoms with Crippen molar-refractivity contribution in [2.45, 2.75) is 0 Å². The molecule has 0 amide bonds. The SMILES string of the molecule is CN1CCN(CCNc2nc3[nH]c4cnccc4c3c3ccncc23)CC1. The van der Waals surface area contributed by atoms with E-state index in [4.69, 9.17) is 4.98 Å². The van der Waals surface area contributed by atoms with Crippen molar-refractivity contribution in [2.24, 2.45) is 0 Å². The molecule has 0 unspecified atom stereocenters. The highest BCUT2D eigenvalue weighted by atomic mass is 15.2. The standard InChI is InChI=1S/C20H23N7/c1-26-8-10-27(11-9-26)7-6-23-19-16-12-21-4-2-14(16)18-15-3-5-22-13-17(15)24-20(18)25-19/h2-5,12-13H,6-11H2,1H3,(H2,23,24,25). The smallest absolute Gasteiger partial charge is 0.141 e. The molecule has 138 valence electrons. The Kier molecular flexibility index (Phi) is 4.10. The topological polar surface area (TPSA) is 73.0 Å². The molecule has 0 atom stereocenters. The second-order valence-electron chi connectivity index (χ2n) is 7.22. The minimum atomic E-state index is 0.869. The summed E-state index contributed by atoms with van der Waals surface area (Å²) in [4.78, 5) is 21.7. The van der Waals surface area contributed by atoms with Crippen LogP contribution in [-0.4, -0.2) is 76.1 Å². The summed E-state index contributed by atoms with van der Waals surface area (Å²) in [5.74, 6) is 0.888. The second kappa shape index (κ2) is 6.75. The van der Waals surface area contributed by atoms with E-state index >= 15 is 0 Å². The van der Waals surface area contributed by atoms with Crippen LogP contribution in [0.15, 0.2) is 36.9 Å². The molecule has 0 radical (unpaired) electrons. The molecule has 0 bridgehead atoms. The molecule has 7 nitrogen and oxygen atoms in total. The molecule has 1 fully saturated rings. The van der Waals surface area contributed by atoms with E-state index < -0.39 is 0 Å². The van der Waals surface area contributed by atoms with Gasteiger partial charge in [-0.3, -0.25) is 14.9 Å². The van der Waals surface area contributed by atoms with Gasteiger partial charge in [-0.2, -0.15) is 0 Å². The summed E-state index contributed by atoms with van der Waals surface area (Å²) < 4.78 is 0. The number of anilines is 1. The molecule has 5 rings (SSSR count). The number of aromatic amines is 1. The Balaban J connectivity index is 1.47. The molecule has 27 heavy (non-hydrogen) atoms. The maximum absolute atomic E-state index is 4.87. The van der Waals surface area contributed by atoms with Crippen molar-refractivity contribution in [3.63, 3.8) is 0 Å². The minimum Gasteiger partial charge on any atom is -0.368 e. The summed E-state index contributed by atoms with van der Waals surface area (Å²) in [6.07, 6.45) is 7.42. The van der Waals surface area contributed by atoms with Crippen molar-refractivity contribution in [1.82, 2.24) is 29.7 Å². The van der Waals surface area contributed by atoms with Gasteiger partial charge >= 0.3 is 0 Å². The number of hydrogen-bond donors (Lipinski definition) is 2. The van der Waals surface area contributed by atoms with Gasteiger partial charge in [-0.25, -0.2) is 4.98 Å². The lowest BCUT2D eigenvalue weighted by Crippen LogP contribution is -2.45. The first kappa shape index (κ1) is 16.4. The second-order valence-corrected chi connectivity index (χ2v) is 7.22. The number of pyridine rings is 3. The van der Waals surface area contributed by atoms with E-state index in [0.29, 0.717) is 0 Å². The van der Waals surface area contributed by atoms with Gasteiger partial charge in [0.2, 0.25) is 0 Å². The zero-order chi connectivity index (χ0) is 18.2. The van der Waals surface area contributed by atoms with Gasteiger partial charge in [-0.15, -0.1) is 0 Å². The molecular weight excluding hydrogens is 338 g/mol. The van der Waals surface area contributed by atoms with Gasteiger partial charge in [0.1, 0.15) is 11.5 Å². The molecule has 4 aromatic rings. The average molecular weight is 361 g/mol. The molecule has 5 heterocycles. The van der Waals surface area contributed by atoms with E-state index in [0.717, 1.165) is 77.8 Å². The summed E-state index contributed by atoms with van der Waals surface area (Å²) in [5.41, 5.74) is 1.89. The lowest BCUT2D eigenvalue weighted by atomic mass is 10.1. The van der Waals surface area contributed by atoms with E-state index in [1.54, 1.807) is 0 Å². The van der Waals surface area contributed by atoms with Crippen molar-refractivity contribution in [1.29, 1.82) is 0 Å². The molecule has 4 aromatic heterocycles. The van der Waals surface area contributed by atoms with Gasteiger partial charge in [0.25, 0.3) is 0 Å². The summed E-state index contributed by atoms with van der Waals surface area (Å²) in [7, 11) is 2.18. The highest BCUT2D eigenvalue weighted by Crippen LogP contribution is 2.33. The Hall–Kier alpha value is -2.77. The molecule has 0 saturated carbocycles. The summed E-state index contributed by atoms with van der Waals surface area (Å²) in [5, 5.41) is 8.04. The molecule has 1 aliphatic heterocycles. The molecular formula is C20H23N7. The van der Waals surface area contributed by atoms with E-state index in [1.807, 2.05) is 30.9 Å². The number of likely N-dealkylation sites (N-methyl/N-ethyl adjacent to an activating group) is 1. The van der Waals surface area contributed by atoms with Crippen molar-refractivity contribution in [3.8, 4) is 0 Å². The van der Waals surface area contributed by atoms with Crippen LogP contribution in [0.3, 0.4) is 0 Å². The monoisotopic (exact) mass is 361 g/mol. The molecule has 0 aromatic carbocycles. The van der Waals surface area contributed by atoms with Gasteiger partial charge in [0, 0.05) is 79.4 Å². The molecule has 1 saturated heterocycles. The fourth-order valence-corrected chi connectivity index (χ4v) is 3.90. The Labute approximate surface area is 157 Å². The highest BCUT2D eigenvalue weighted by molar-refractivity contribution is 6.20. The Morgan fingerprint density at radius 3 is 2.63 bits per heavy atom. The Morgan fingerprint density at radius 2 is 1.78 bits per heavy atom. The summed E-state index contributed by atoms with van der Waals surface area (Å²) >= 11 is 0. The maximum Gasteiger partial charge on any atom is 0.141 e. The van der Waals surface area contributed by atoms with Crippen LogP contribution in [0.2, 0.25) is 0 Å². The number of aromatic nitrogens is 4. The third-order valence-corrected chi connectivity index (χ3v) is 5.47. The van der Waals surface area contributed by atoms with Crippen molar-refractivity contribution in [2.75, 3.05) is 51.6 Å². The van der Waals surface area contributed by atoms with E-state index in [-0.39, 0.29) is 0 Å². The largest absolute Gasteiger partial charge is 0.368 e. The van der Waals surface area contributed by atoms with Gasteiger partial charge in [0.05, 0.1) is 11.7 Å². The van der Waals surface area contributed by atoms with Gasteiger partial charge in [0.15, 0.2) is 0 Å². The van der Waals surface area contributed by atoms with Crippen LogP contribution in [0.25, 0.3) is 32.7 Å². The van der Waals surface area contributed by atoms with E-state index in [1.165, 1.54) is 0 Å². The van der Waals surface area contributed by atoms with Gasteiger partial charge in [-0.1, -0.05) is 0 Å². The van der Waals surface area contributed by atoms with Crippen LogP contribution in [0.1, 0.15) is 0 Å². The normalized spacial score (nSPS) is 16.5. The lowest BCUT2D eigenvalue weighted by molar-refractivity contribution is 0.158. The van der Waals surface area contributed by atoms with Crippen LogP contribution < -0.4 is 5.32 Å². The Morgan fingerprint density at radius 1 is 1.00 bits per heavy atom. The van der Waals surface area contributed by atoms with Crippen LogP contribution in [-0.2, 0) is 0 Å². The number of nitrogens with one attached hydrogen (secondary N) is 2. The van der Waals surface area contributed by atoms with Crippen molar-refractivity contribution >= 4 is 38.5 Å². The maximum atomic E-state index is 4.87. The average Bonchev–Trinajstić information content (AvgIpc) is 3.08. The number of nitrogens with zero attached hydrogens (tertiary/aromatic N) is 5. The zero-order valence-electron chi connectivity index (χ0n) is 15.4. The highest BCUT2D eigenvalue weighted by Gasteiger charge is 2.15. The number of piperazine rings is 1. The predicted octanol–water partition coefficient (Wildman–Crippen LogP) is 2.32. The summed E-state index contributed by atoms with van der Waals surface area (Å²) in [6.45, 7) is 6.42. The molecule has 7 heteroatoms. The fraction of sp³-hybridized carbons (Fsp3) is 0.350. The van der Waals surface area contributed by atoms with E-state index in [2.05, 4.69) is 43.2 Å². The summed E-state index contributed by atoms with van der Waals surface area (Å²) in [6, 6.07) is 4.11. The van der Waals surface area contributed by atoms with Crippen LogP contribution >= 0.6 is 0 Å². The molecule has 1 aliphatic rings. The predicted molar refractivity (Wildman–Crippen MR) is 109 cm³/mol. The minimum absolute atomic E-state index is 0.869. The quantitative estimate of drug-likeness (QED) is 0.581. The fourth-order valence-electron chi connectivity index (χ4n) is 3.90. The third kappa shape index (κ3) is 2.98.